The molecule has 0 aromatic rings. The highest BCUT2D eigenvalue weighted by Gasteiger charge is 2.37. The number of hydrogen-bond acceptors (Lipinski definition) is 2. The molecular formula is C13H23NO. The number of likely N-dealkylation sites (tertiary alicyclic amines) is 1. The Morgan fingerprint density at radius 3 is 2.07 bits per heavy atom. The Kier molecular flexibility index (Phi) is 2.73. The van der Waals surface area contributed by atoms with Crippen molar-refractivity contribution in [1.29, 1.82) is 0 Å². The standard InChI is InChI=1S/C13H23NO/c1-10-2-4-11(5-3-10)14-8-12-6-7-13(9-14)15-12/h10-13H,2-9H2,1H3/t10-,11-,12?,13?. The van der Waals surface area contributed by atoms with Gasteiger partial charge < -0.3 is 4.74 Å². The molecule has 0 amide bonds. The number of rotatable bonds is 1. The largest absolute Gasteiger partial charge is 0.372 e. The highest BCUT2D eigenvalue weighted by atomic mass is 16.5. The molecule has 1 aliphatic carbocycles. The van der Waals surface area contributed by atoms with Crippen molar-refractivity contribution in [3.05, 3.63) is 0 Å². The van der Waals surface area contributed by atoms with Crippen molar-refractivity contribution in [3.63, 3.8) is 0 Å². The van der Waals surface area contributed by atoms with Gasteiger partial charge in [0.2, 0.25) is 0 Å². The van der Waals surface area contributed by atoms with E-state index in [2.05, 4.69) is 11.8 Å². The van der Waals surface area contributed by atoms with Crippen LogP contribution >= 0.6 is 0 Å². The highest BCUT2D eigenvalue weighted by Crippen LogP contribution is 2.32. The zero-order valence-corrected chi connectivity index (χ0v) is 9.82. The second-order valence-electron chi connectivity index (χ2n) is 5.83. The predicted octanol–water partition coefficient (Wildman–Crippen LogP) is 2.43. The van der Waals surface area contributed by atoms with Crippen LogP contribution in [0.2, 0.25) is 0 Å². The third kappa shape index (κ3) is 2.07. The molecular weight excluding hydrogens is 186 g/mol. The number of ether oxygens (including phenoxy) is 1. The molecule has 1 saturated carbocycles. The zero-order chi connectivity index (χ0) is 10.3. The van der Waals surface area contributed by atoms with Crippen molar-refractivity contribution < 1.29 is 4.74 Å². The van der Waals surface area contributed by atoms with Crippen LogP contribution in [0.15, 0.2) is 0 Å². The summed E-state index contributed by atoms with van der Waals surface area (Å²) < 4.78 is 5.90. The van der Waals surface area contributed by atoms with Gasteiger partial charge in [-0.25, -0.2) is 0 Å². The Morgan fingerprint density at radius 2 is 1.47 bits per heavy atom. The molecule has 2 atom stereocenters. The summed E-state index contributed by atoms with van der Waals surface area (Å²) in [6, 6.07) is 0.883. The summed E-state index contributed by atoms with van der Waals surface area (Å²) in [5.41, 5.74) is 0. The van der Waals surface area contributed by atoms with Crippen LogP contribution in [0.4, 0.5) is 0 Å². The molecule has 0 N–H and O–H groups in total. The number of fused-ring (bicyclic) bond motifs is 2. The molecule has 86 valence electrons. The normalized spacial score (nSPS) is 47.0. The zero-order valence-electron chi connectivity index (χ0n) is 9.82. The topological polar surface area (TPSA) is 12.5 Å². The summed E-state index contributed by atoms with van der Waals surface area (Å²) in [4.78, 5) is 2.73. The maximum Gasteiger partial charge on any atom is 0.0707 e. The molecule has 15 heavy (non-hydrogen) atoms. The van der Waals surface area contributed by atoms with E-state index in [-0.39, 0.29) is 0 Å². The van der Waals surface area contributed by atoms with Crippen LogP contribution < -0.4 is 0 Å². The van der Waals surface area contributed by atoms with Gasteiger partial charge in [0.05, 0.1) is 12.2 Å². The first-order valence-electron chi connectivity index (χ1n) is 6.71. The minimum atomic E-state index is 0.572. The average molecular weight is 209 g/mol. The average Bonchev–Trinajstić information content (AvgIpc) is 2.59. The SMILES string of the molecule is C[C@H]1CC[C@H](N2CC3CCC(C2)O3)CC1. The lowest BCUT2D eigenvalue weighted by Gasteiger charge is -2.40. The van der Waals surface area contributed by atoms with Gasteiger partial charge in [-0.2, -0.15) is 0 Å². The van der Waals surface area contributed by atoms with Crippen LogP contribution in [0.1, 0.15) is 45.4 Å². The first kappa shape index (κ1) is 10.1. The Balaban J connectivity index is 1.58. The molecule has 2 bridgehead atoms. The van der Waals surface area contributed by atoms with Gasteiger partial charge in [-0.1, -0.05) is 6.92 Å². The van der Waals surface area contributed by atoms with Crippen molar-refractivity contribution >= 4 is 0 Å². The minimum Gasteiger partial charge on any atom is -0.372 e. The first-order chi connectivity index (χ1) is 7.31. The van der Waals surface area contributed by atoms with E-state index in [0.29, 0.717) is 12.2 Å². The number of nitrogens with zero attached hydrogens (tertiary/aromatic N) is 1. The van der Waals surface area contributed by atoms with Gasteiger partial charge in [0.1, 0.15) is 0 Å². The molecule has 0 spiro atoms. The van der Waals surface area contributed by atoms with Crippen LogP contribution in [0.5, 0.6) is 0 Å². The van der Waals surface area contributed by atoms with Crippen molar-refractivity contribution in [1.82, 2.24) is 4.90 Å². The molecule has 0 radical (unpaired) electrons. The Hall–Kier alpha value is -0.0800. The monoisotopic (exact) mass is 209 g/mol. The molecule has 3 rings (SSSR count). The molecule has 0 aromatic carbocycles. The summed E-state index contributed by atoms with van der Waals surface area (Å²) in [5, 5.41) is 0. The third-order valence-electron chi connectivity index (χ3n) is 4.57. The second kappa shape index (κ2) is 4.06. The fourth-order valence-corrected chi connectivity index (χ4v) is 3.55. The lowest BCUT2D eigenvalue weighted by Crippen LogP contribution is -2.48. The van der Waals surface area contributed by atoms with Crippen LogP contribution in [0.3, 0.4) is 0 Å². The van der Waals surface area contributed by atoms with Gasteiger partial charge in [-0.05, 0) is 44.4 Å². The van der Waals surface area contributed by atoms with Gasteiger partial charge in [-0.15, -0.1) is 0 Å². The second-order valence-corrected chi connectivity index (χ2v) is 5.83. The van der Waals surface area contributed by atoms with Crippen LogP contribution in [0.25, 0.3) is 0 Å². The molecule has 2 nitrogen and oxygen atoms in total. The molecule has 3 fully saturated rings. The molecule has 2 heteroatoms. The predicted molar refractivity (Wildman–Crippen MR) is 60.9 cm³/mol. The molecule has 0 aromatic heterocycles. The lowest BCUT2D eigenvalue weighted by molar-refractivity contribution is -0.0587. The summed E-state index contributed by atoms with van der Waals surface area (Å²) in [7, 11) is 0. The van der Waals surface area contributed by atoms with E-state index >= 15 is 0 Å². The summed E-state index contributed by atoms with van der Waals surface area (Å²) >= 11 is 0. The highest BCUT2D eigenvalue weighted by molar-refractivity contribution is 4.89. The smallest absolute Gasteiger partial charge is 0.0707 e. The van der Waals surface area contributed by atoms with E-state index in [4.69, 9.17) is 4.74 Å². The third-order valence-corrected chi connectivity index (χ3v) is 4.57. The summed E-state index contributed by atoms with van der Waals surface area (Å²) in [6.45, 7) is 4.84. The maximum absolute atomic E-state index is 5.90. The Morgan fingerprint density at radius 1 is 0.867 bits per heavy atom. The van der Waals surface area contributed by atoms with Gasteiger partial charge in [0, 0.05) is 19.1 Å². The number of morpholine rings is 1. The van der Waals surface area contributed by atoms with Crippen molar-refractivity contribution in [2.75, 3.05) is 13.1 Å². The van der Waals surface area contributed by atoms with E-state index in [9.17, 15) is 0 Å². The van der Waals surface area contributed by atoms with E-state index in [0.717, 1.165) is 12.0 Å². The first-order valence-corrected chi connectivity index (χ1v) is 6.71. The molecule has 2 aliphatic heterocycles. The van der Waals surface area contributed by atoms with E-state index < -0.39 is 0 Å². The van der Waals surface area contributed by atoms with Crippen LogP contribution in [0, 0.1) is 5.92 Å². The van der Waals surface area contributed by atoms with Crippen LogP contribution in [-0.2, 0) is 4.74 Å². The van der Waals surface area contributed by atoms with Crippen LogP contribution in [-0.4, -0.2) is 36.2 Å². The molecule has 2 unspecified atom stereocenters. The summed E-state index contributed by atoms with van der Waals surface area (Å²) in [6.07, 6.45) is 9.51. The van der Waals surface area contributed by atoms with Gasteiger partial charge >= 0.3 is 0 Å². The Bertz CT molecular complexity index is 211. The van der Waals surface area contributed by atoms with Gasteiger partial charge in [-0.3, -0.25) is 4.90 Å². The molecule has 2 saturated heterocycles. The van der Waals surface area contributed by atoms with Crippen molar-refractivity contribution in [2.45, 2.75) is 63.7 Å². The lowest BCUT2D eigenvalue weighted by atomic mass is 9.86. The maximum atomic E-state index is 5.90. The van der Waals surface area contributed by atoms with E-state index in [1.54, 1.807) is 0 Å². The quantitative estimate of drug-likeness (QED) is 0.657. The van der Waals surface area contributed by atoms with Gasteiger partial charge in [0.15, 0.2) is 0 Å². The minimum absolute atomic E-state index is 0.572. The van der Waals surface area contributed by atoms with E-state index in [1.165, 1.54) is 51.6 Å². The van der Waals surface area contributed by atoms with E-state index in [1.807, 2.05) is 0 Å². The molecule has 3 aliphatic rings. The fourth-order valence-electron chi connectivity index (χ4n) is 3.55. The number of hydrogen-bond donors (Lipinski definition) is 0. The Labute approximate surface area is 93.0 Å². The van der Waals surface area contributed by atoms with Crippen molar-refractivity contribution in [3.8, 4) is 0 Å². The van der Waals surface area contributed by atoms with Crippen molar-refractivity contribution in [2.24, 2.45) is 5.92 Å². The fraction of sp³-hybridized carbons (Fsp3) is 1.00. The molecule has 2 heterocycles. The summed E-state index contributed by atoms with van der Waals surface area (Å²) in [5.74, 6) is 0.971. The van der Waals surface area contributed by atoms with Gasteiger partial charge in [0.25, 0.3) is 0 Å².